The van der Waals surface area contributed by atoms with Crippen molar-refractivity contribution in [2.24, 2.45) is 0 Å². The van der Waals surface area contributed by atoms with Gasteiger partial charge in [-0.1, -0.05) is 0 Å². The predicted octanol–water partition coefficient (Wildman–Crippen LogP) is 2.79. The molecule has 1 heterocycles. The van der Waals surface area contributed by atoms with Gasteiger partial charge in [-0.25, -0.2) is 4.98 Å². The maximum Gasteiger partial charge on any atom is 0.433 e. The lowest BCUT2D eigenvalue weighted by Crippen LogP contribution is -2.25. The molecule has 0 fully saturated rings. The van der Waals surface area contributed by atoms with Crippen molar-refractivity contribution in [2.75, 3.05) is 5.75 Å². The Labute approximate surface area is 144 Å². The third kappa shape index (κ3) is 4.55. The number of rotatable bonds is 3. The van der Waals surface area contributed by atoms with Gasteiger partial charge in [0.1, 0.15) is 18.0 Å². The summed E-state index contributed by atoms with van der Waals surface area (Å²) < 4.78 is 87.4. The molecule has 0 aliphatic rings. The van der Waals surface area contributed by atoms with Gasteiger partial charge in [-0.15, -0.1) is 0 Å². The predicted molar refractivity (Wildman–Crippen MR) is 76.9 cm³/mol. The van der Waals surface area contributed by atoms with E-state index in [-0.39, 0.29) is 17.3 Å². The summed E-state index contributed by atoms with van der Waals surface area (Å²) in [6, 6.07) is 4.79. The maximum absolute atomic E-state index is 12.5. The van der Waals surface area contributed by atoms with Gasteiger partial charge in [-0.05, 0) is 23.3 Å². The largest absolute Gasteiger partial charge is 0.611 e. The molecule has 1 aromatic heterocycles. The van der Waals surface area contributed by atoms with E-state index in [4.69, 9.17) is 5.26 Å². The molecule has 1 aromatic carbocycles. The Hall–Kier alpha value is -2.52. The first-order valence-electron chi connectivity index (χ1n) is 6.58. The Morgan fingerprint density at radius 3 is 2.35 bits per heavy atom. The summed E-state index contributed by atoms with van der Waals surface area (Å²) in [6.45, 7) is 0. The van der Waals surface area contributed by atoms with Gasteiger partial charge in [0, 0.05) is 12.1 Å². The topological polar surface area (TPSA) is 81.7 Å². The number of halogens is 6. The second kappa shape index (κ2) is 7.00. The smallest absolute Gasteiger partial charge is 0.433 e. The maximum atomic E-state index is 12.5. The molecular formula is C14H7F6N3O2S. The Balaban J connectivity index is 2.51. The zero-order valence-corrected chi connectivity index (χ0v) is 13.2. The highest BCUT2D eigenvalue weighted by atomic mass is 32.2. The minimum absolute atomic E-state index is 0.180. The van der Waals surface area contributed by atoms with Gasteiger partial charge in [0.2, 0.25) is 5.75 Å². The molecule has 26 heavy (non-hydrogen) atoms. The van der Waals surface area contributed by atoms with Crippen molar-refractivity contribution in [1.82, 2.24) is 9.55 Å². The van der Waals surface area contributed by atoms with E-state index in [0.717, 1.165) is 18.2 Å². The molecule has 0 saturated heterocycles. The minimum Gasteiger partial charge on any atom is -0.611 e. The fraction of sp³-hybridized carbons (Fsp3) is 0.214. The lowest BCUT2D eigenvalue weighted by Gasteiger charge is -2.15. The first-order chi connectivity index (χ1) is 11.9. The standard InChI is InChI=1S/C14H7F6N3O2S/c15-13(16,17)6-26(25)10-3-9(2-1-8(10)5-21)23-7-22-11(4-12(23)24)14(18,19)20/h1-4,7H,6H2. The number of hydrogen-bond donors (Lipinski definition) is 0. The summed E-state index contributed by atoms with van der Waals surface area (Å²) in [5.74, 6) is -1.72. The van der Waals surface area contributed by atoms with E-state index in [0.29, 0.717) is 10.9 Å². The highest BCUT2D eigenvalue weighted by molar-refractivity contribution is 7.91. The molecule has 0 saturated carbocycles. The van der Waals surface area contributed by atoms with Crippen molar-refractivity contribution in [1.29, 1.82) is 5.26 Å². The van der Waals surface area contributed by atoms with Gasteiger partial charge in [0.15, 0.2) is 10.6 Å². The van der Waals surface area contributed by atoms with Crippen LogP contribution in [0.3, 0.4) is 0 Å². The highest BCUT2D eigenvalue weighted by Crippen LogP contribution is 2.28. The molecule has 1 unspecified atom stereocenters. The normalized spacial score (nSPS) is 13.3. The summed E-state index contributed by atoms with van der Waals surface area (Å²) in [4.78, 5) is 14.4. The summed E-state index contributed by atoms with van der Waals surface area (Å²) in [5.41, 5.74) is -3.08. The average molecular weight is 395 g/mol. The molecule has 138 valence electrons. The molecule has 12 heteroatoms. The van der Waals surface area contributed by atoms with Crippen molar-refractivity contribution in [3.63, 3.8) is 0 Å². The SMILES string of the molecule is N#Cc1ccc(-n2cnc(C(F)(F)F)cc2=O)cc1[S+]([O-])CC(F)(F)F. The van der Waals surface area contributed by atoms with Crippen molar-refractivity contribution in [3.05, 3.63) is 52.2 Å². The molecule has 0 amide bonds. The molecule has 2 aromatic rings. The fourth-order valence-electron chi connectivity index (χ4n) is 1.92. The molecule has 1 atom stereocenters. The van der Waals surface area contributed by atoms with Crippen molar-refractivity contribution in [2.45, 2.75) is 17.2 Å². The molecule has 2 rings (SSSR count). The second-order valence-electron chi connectivity index (χ2n) is 4.88. The molecule has 0 radical (unpaired) electrons. The molecule has 5 nitrogen and oxygen atoms in total. The first kappa shape index (κ1) is 19.8. The van der Waals surface area contributed by atoms with E-state index in [2.05, 4.69) is 4.98 Å². The highest BCUT2D eigenvalue weighted by Gasteiger charge is 2.37. The zero-order valence-electron chi connectivity index (χ0n) is 12.4. The monoisotopic (exact) mass is 395 g/mol. The summed E-state index contributed by atoms with van der Waals surface area (Å²) in [7, 11) is 0. The molecule has 0 aliphatic carbocycles. The first-order valence-corrected chi connectivity index (χ1v) is 7.90. The van der Waals surface area contributed by atoms with Crippen molar-refractivity contribution < 1.29 is 30.9 Å². The molecular weight excluding hydrogens is 388 g/mol. The van der Waals surface area contributed by atoms with Crippen LogP contribution in [0.1, 0.15) is 11.3 Å². The van der Waals surface area contributed by atoms with Crippen LogP contribution in [0.5, 0.6) is 0 Å². The van der Waals surface area contributed by atoms with Crippen LogP contribution in [0.4, 0.5) is 26.3 Å². The van der Waals surface area contributed by atoms with E-state index >= 15 is 0 Å². The lowest BCUT2D eigenvalue weighted by atomic mass is 10.2. The van der Waals surface area contributed by atoms with Crippen molar-refractivity contribution >= 4 is 11.2 Å². The summed E-state index contributed by atoms with van der Waals surface area (Å²) in [5, 5.41) is 8.94. The number of aromatic nitrogens is 2. The van der Waals surface area contributed by atoms with E-state index < -0.39 is 45.4 Å². The molecule has 0 spiro atoms. The molecule has 0 aliphatic heterocycles. The molecule has 0 N–H and O–H groups in total. The Morgan fingerprint density at radius 1 is 1.19 bits per heavy atom. The van der Waals surface area contributed by atoms with Crippen LogP contribution < -0.4 is 5.56 Å². The van der Waals surface area contributed by atoms with Crippen LogP contribution >= 0.6 is 0 Å². The average Bonchev–Trinajstić information content (AvgIpc) is 2.51. The van der Waals surface area contributed by atoms with Crippen LogP contribution in [0.25, 0.3) is 5.69 Å². The number of hydrogen-bond acceptors (Lipinski definition) is 4. The zero-order chi connectivity index (χ0) is 19.7. The third-order valence-corrected chi connectivity index (χ3v) is 4.42. The molecule has 0 bridgehead atoms. The van der Waals surface area contributed by atoms with Gasteiger partial charge < -0.3 is 4.55 Å². The van der Waals surface area contributed by atoms with Crippen LogP contribution in [0, 0.1) is 11.3 Å². The quantitative estimate of drug-likeness (QED) is 0.591. The van der Waals surface area contributed by atoms with Crippen LogP contribution in [-0.4, -0.2) is 26.0 Å². The van der Waals surface area contributed by atoms with Crippen molar-refractivity contribution in [3.8, 4) is 11.8 Å². The Bertz CT molecular complexity index is 917. The lowest BCUT2D eigenvalue weighted by molar-refractivity contribution is -0.141. The third-order valence-electron chi connectivity index (χ3n) is 3.00. The van der Waals surface area contributed by atoms with E-state index in [1.165, 1.54) is 0 Å². The number of alkyl halides is 6. The minimum atomic E-state index is -4.84. The second-order valence-corrected chi connectivity index (χ2v) is 6.30. The van der Waals surface area contributed by atoms with Crippen LogP contribution in [0.15, 0.2) is 40.3 Å². The van der Waals surface area contributed by atoms with E-state index in [1.807, 2.05) is 0 Å². The Kier molecular flexibility index (Phi) is 5.33. The number of benzene rings is 1. The Morgan fingerprint density at radius 2 is 1.85 bits per heavy atom. The number of nitrogens with zero attached hydrogens (tertiary/aromatic N) is 3. The van der Waals surface area contributed by atoms with Gasteiger partial charge in [0.05, 0.1) is 5.69 Å². The number of nitriles is 1. The van der Waals surface area contributed by atoms with Gasteiger partial charge in [-0.2, -0.15) is 31.6 Å². The van der Waals surface area contributed by atoms with Gasteiger partial charge in [-0.3, -0.25) is 9.36 Å². The van der Waals surface area contributed by atoms with Crippen LogP contribution in [-0.2, 0) is 17.4 Å². The summed E-state index contributed by atoms with van der Waals surface area (Å²) in [6.07, 6.45) is -9.06. The van der Waals surface area contributed by atoms with Crippen LogP contribution in [0.2, 0.25) is 0 Å². The van der Waals surface area contributed by atoms with E-state index in [9.17, 15) is 35.7 Å². The summed E-state index contributed by atoms with van der Waals surface area (Å²) >= 11 is -2.64. The van der Waals surface area contributed by atoms with Gasteiger partial charge in [0.25, 0.3) is 5.56 Å². The van der Waals surface area contributed by atoms with E-state index in [1.54, 1.807) is 6.07 Å². The van der Waals surface area contributed by atoms with Gasteiger partial charge >= 0.3 is 12.4 Å². The fourth-order valence-corrected chi connectivity index (χ4v) is 2.98.